The SMILES string of the molecule is CCCNC(=O)[C@H](Cc1ccccc1)N(Cc1ccccc1)C(=O)CN(c1ccc(Oc2ccccc2)cc1)S(C)(=O)=O. The van der Waals surface area contributed by atoms with Crippen LogP contribution in [0.2, 0.25) is 0 Å². The largest absolute Gasteiger partial charge is 0.457 e. The minimum atomic E-state index is -3.87. The molecule has 0 saturated heterocycles. The Morgan fingerprint density at radius 1 is 0.767 bits per heavy atom. The van der Waals surface area contributed by atoms with E-state index in [1.807, 2.05) is 97.9 Å². The molecule has 1 N–H and O–H groups in total. The number of carbonyl (C=O) groups excluding carboxylic acids is 2. The topological polar surface area (TPSA) is 96.0 Å². The van der Waals surface area contributed by atoms with Crippen molar-refractivity contribution < 1.29 is 22.7 Å². The summed E-state index contributed by atoms with van der Waals surface area (Å²) in [7, 11) is -3.87. The predicted octanol–water partition coefficient (Wildman–Crippen LogP) is 5.41. The van der Waals surface area contributed by atoms with Gasteiger partial charge in [0.1, 0.15) is 24.1 Å². The second-order valence-electron chi connectivity index (χ2n) is 10.2. The minimum Gasteiger partial charge on any atom is -0.457 e. The molecule has 0 aliphatic carbocycles. The van der Waals surface area contributed by atoms with E-state index in [1.165, 1.54) is 4.90 Å². The molecule has 0 aromatic heterocycles. The van der Waals surface area contributed by atoms with Crippen LogP contribution in [0.5, 0.6) is 11.5 Å². The summed E-state index contributed by atoms with van der Waals surface area (Å²) in [5.41, 5.74) is 2.02. The molecule has 0 aliphatic rings. The predicted molar refractivity (Wildman–Crippen MR) is 169 cm³/mol. The van der Waals surface area contributed by atoms with Crippen LogP contribution in [0.25, 0.3) is 0 Å². The molecule has 0 heterocycles. The Balaban J connectivity index is 1.65. The van der Waals surface area contributed by atoms with Crippen LogP contribution in [0, 0.1) is 0 Å². The van der Waals surface area contributed by atoms with Crippen molar-refractivity contribution >= 4 is 27.5 Å². The zero-order valence-corrected chi connectivity index (χ0v) is 25.2. The summed E-state index contributed by atoms with van der Waals surface area (Å²) in [6.45, 7) is 2.08. The number of para-hydroxylation sites is 1. The van der Waals surface area contributed by atoms with Crippen molar-refractivity contribution in [3.63, 3.8) is 0 Å². The van der Waals surface area contributed by atoms with Crippen LogP contribution in [0.3, 0.4) is 0 Å². The van der Waals surface area contributed by atoms with E-state index in [4.69, 9.17) is 4.74 Å². The molecule has 2 amide bonds. The van der Waals surface area contributed by atoms with Gasteiger partial charge >= 0.3 is 0 Å². The zero-order valence-electron chi connectivity index (χ0n) is 24.4. The summed E-state index contributed by atoms with van der Waals surface area (Å²) < 4.78 is 32.9. The molecule has 0 bridgehead atoms. The van der Waals surface area contributed by atoms with Gasteiger partial charge in [0, 0.05) is 19.5 Å². The van der Waals surface area contributed by atoms with Crippen LogP contribution in [0.1, 0.15) is 24.5 Å². The Morgan fingerprint density at radius 3 is 1.86 bits per heavy atom. The Hall–Kier alpha value is -4.63. The number of hydrogen-bond acceptors (Lipinski definition) is 5. The second-order valence-corrected chi connectivity index (χ2v) is 12.1. The highest BCUT2D eigenvalue weighted by molar-refractivity contribution is 7.92. The average molecular weight is 600 g/mol. The summed E-state index contributed by atoms with van der Waals surface area (Å²) >= 11 is 0. The molecular weight excluding hydrogens is 562 g/mol. The van der Waals surface area contributed by atoms with E-state index < -0.39 is 28.5 Å². The molecule has 0 saturated carbocycles. The fourth-order valence-electron chi connectivity index (χ4n) is 4.62. The summed E-state index contributed by atoms with van der Waals surface area (Å²) in [4.78, 5) is 29.1. The van der Waals surface area contributed by atoms with Crippen molar-refractivity contribution in [3.05, 3.63) is 126 Å². The molecule has 43 heavy (non-hydrogen) atoms. The fraction of sp³-hybridized carbons (Fsp3) is 0.235. The average Bonchev–Trinajstić information content (AvgIpc) is 3.01. The first kappa shape index (κ1) is 31.3. The Morgan fingerprint density at radius 2 is 1.30 bits per heavy atom. The van der Waals surface area contributed by atoms with E-state index in [-0.39, 0.29) is 18.9 Å². The van der Waals surface area contributed by atoms with Crippen LogP contribution < -0.4 is 14.4 Å². The lowest BCUT2D eigenvalue weighted by Crippen LogP contribution is -2.53. The first-order valence-corrected chi connectivity index (χ1v) is 16.0. The van der Waals surface area contributed by atoms with Crippen LogP contribution in [-0.4, -0.2) is 50.5 Å². The molecular formula is C34H37N3O5S. The number of ether oxygens (including phenoxy) is 1. The fourth-order valence-corrected chi connectivity index (χ4v) is 5.47. The third-order valence-corrected chi connectivity index (χ3v) is 7.94. The normalized spacial score (nSPS) is 11.8. The molecule has 0 radical (unpaired) electrons. The number of hydrogen-bond donors (Lipinski definition) is 1. The van der Waals surface area contributed by atoms with Gasteiger partial charge in [-0.1, -0.05) is 85.8 Å². The molecule has 0 fully saturated rings. The van der Waals surface area contributed by atoms with Crippen LogP contribution >= 0.6 is 0 Å². The van der Waals surface area contributed by atoms with E-state index >= 15 is 0 Å². The maximum Gasteiger partial charge on any atom is 0.244 e. The number of nitrogens with one attached hydrogen (secondary N) is 1. The van der Waals surface area contributed by atoms with E-state index in [9.17, 15) is 18.0 Å². The Kier molecular flexibility index (Phi) is 10.9. The van der Waals surface area contributed by atoms with Crippen molar-refractivity contribution in [2.24, 2.45) is 0 Å². The van der Waals surface area contributed by atoms with Gasteiger partial charge in [0.25, 0.3) is 0 Å². The van der Waals surface area contributed by atoms with Crippen molar-refractivity contribution in [1.29, 1.82) is 0 Å². The summed E-state index contributed by atoms with van der Waals surface area (Å²) in [5.74, 6) is 0.387. The maximum atomic E-state index is 14.1. The first-order chi connectivity index (χ1) is 20.7. The number of sulfonamides is 1. The quantitative estimate of drug-likeness (QED) is 0.209. The highest BCUT2D eigenvalue weighted by Gasteiger charge is 2.32. The van der Waals surface area contributed by atoms with Crippen molar-refractivity contribution in [3.8, 4) is 11.5 Å². The summed E-state index contributed by atoms with van der Waals surface area (Å²) in [5, 5.41) is 2.94. The number of carbonyl (C=O) groups is 2. The van der Waals surface area contributed by atoms with Gasteiger partial charge in [-0.05, 0) is 53.9 Å². The molecule has 4 aromatic rings. The van der Waals surface area contributed by atoms with Crippen molar-refractivity contribution in [2.45, 2.75) is 32.4 Å². The van der Waals surface area contributed by atoms with Gasteiger partial charge in [-0.3, -0.25) is 13.9 Å². The van der Waals surface area contributed by atoms with Crippen LogP contribution in [-0.2, 0) is 32.6 Å². The van der Waals surface area contributed by atoms with E-state index in [1.54, 1.807) is 24.3 Å². The molecule has 4 rings (SSSR count). The van der Waals surface area contributed by atoms with Gasteiger partial charge in [0.2, 0.25) is 21.8 Å². The molecule has 0 aliphatic heterocycles. The number of anilines is 1. The molecule has 4 aromatic carbocycles. The third-order valence-electron chi connectivity index (χ3n) is 6.80. The highest BCUT2D eigenvalue weighted by Crippen LogP contribution is 2.26. The number of amides is 2. The second kappa shape index (κ2) is 15.0. The van der Waals surface area contributed by atoms with Crippen molar-refractivity contribution in [2.75, 3.05) is 23.7 Å². The van der Waals surface area contributed by atoms with E-state index in [2.05, 4.69) is 5.32 Å². The standard InChI is InChI=1S/C34H37N3O5S/c1-3-23-35-34(39)32(24-27-13-7-4-8-14-27)36(25-28-15-9-5-10-16-28)33(38)26-37(43(2,40)41)29-19-21-31(22-20-29)42-30-17-11-6-12-18-30/h4-22,32H,3,23-26H2,1-2H3,(H,35,39)/t32-/m0/s1. The van der Waals surface area contributed by atoms with Crippen LogP contribution in [0.4, 0.5) is 5.69 Å². The smallest absolute Gasteiger partial charge is 0.244 e. The number of nitrogens with zero attached hydrogens (tertiary/aromatic N) is 2. The Labute approximate surface area is 254 Å². The van der Waals surface area contributed by atoms with Gasteiger partial charge < -0.3 is 15.0 Å². The lowest BCUT2D eigenvalue weighted by Gasteiger charge is -2.33. The minimum absolute atomic E-state index is 0.137. The maximum absolute atomic E-state index is 14.1. The van der Waals surface area contributed by atoms with Gasteiger partial charge in [0.05, 0.1) is 11.9 Å². The lowest BCUT2D eigenvalue weighted by molar-refractivity contribution is -0.140. The van der Waals surface area contributed by atoms with Gasteiger partial charge in [-0.2, -0.15) is 0 Å². The summed E-state index contributed by atoms with van der Waals surface area (Å²) in [6, 6.07) is 33.7. The first-order valence-electron chi connectivity index (χ1n) is 14.2. The Bertz CT molecular complexity index is 1570. The molecule has 0 unspecified atom stereocenters. The summed E-state index contributed by atoms with van der Waals surface area (Å²) in [6.07, 6.45) is 2.08. The highest BCUT2D eigenvalue weighted by atomic mass is 32.2. The monoisotopic (exact) mass is 599 g/mol. The van der Waals surface area contributed by atoms with Gasteiger partial charge in [-0.25, -0.2) is 8.42 Å². The van der Waals surface area contributed by atoms with Gasteiger partial charge in [0.15, 0.2) is 0 Å². The van der Waals surface area contributed by atoms with Crippen molar-refractivity contribution in [1.82, 2.24) is 10.2 Å². The number of benzene rings is 4. The number of rotatable bonds is 14. The molecule has 1 atom stereocenters. The van der Waals surface area contributed by atoms with E-state index in [0.29, 0.717) is 23.7 Å². The molecule has 8 nitrogen and oxygen atoms in total. The lowest BCUT2D eigenvalue weighted by atomic mass is 10.0. The molecule has 9 heteroatoms. The van der Waals surface area contributed by atoms with Gasteiger partial charge in [-0.15, -0.1) is 0 Å². The molecule has 0 spiro atoms. The molecule has 224 valence electrons. The zero-order chi connectivity index (χ0) is 30.7. The third kappa shape index (κ3) is 9.18. The van der Waals surface area contributed by atoms with Crippen LogP contribution in [0.15, 0.2) is 115 Å². The van der Waals surface area contributed by atoms with E-state index in [0.717, 1.165) is 28.1 Å².